The zero-order valence-corrected chi connectivity index (χ0v) is 15.4. The molecule has 0 saturated carbocycles. The lowest BCUT2D eigenvalue weighted by Crippen LogP contribution is -2.43. The Morgan fingerprint density at radius 3 is 2.31 bits per heavy atom. The molecule has 8 heteroatoms. The van der Waals surface area contributed by atoms with Crippen LogP contribution in [-0.4, -0.2) is 42.9 Å². The van der Waals surface area contributed by atoms with Crippen molar-refractivity contribution in [3.8, 4) is 0 Å². The number of alkyl halides is 3. The van der Waals surface area contributed by atoms with Crippen molar-refractivity contribution in [2.24, 2.45) is 0 Å². The molecule has 0 bridgehead atoms. The summed E-state index contributed by atoms with van der Waals surface area (Å²) in [6, 6.07) is 9.99. The zero-order valence-electron chi connectivity index (χ0n) is 15.4. The largest absolute Gasteiger partial charge is 0.416 e. The Hall–Kier alpha value is -2.74. The van der Waals surface area contributed by atoms with Crippen LogP contribution in [0.2, 0.25) is 0 Å². The number of ether oxygens (including phenoxy) is 1. The molecule has 0 spiro atoms. The molecule has 154 valence electrons. The van der Waals surface area contributed by atoms with Gasteiger partial charge >= 0.3 is 6.18 Å². The maximum Gasteiger partial charge on any atom is 0.416 e. The van der Waals surface area contributed by atoms with Crippen LogP contribution in [0, 0.1) is 5.82 Å². The van der Waals surface area contributed by atoms with Gasteiger partial charge in [-0.15, -0.1) is 0 Å². The van der Waals surface area contributed by atoms with E-state index in [0.717, 1.165) is 0 Å². The van der Waals surface area contributed by atoms with Crippen LogP contribution in [0.25, 0.3) is 0 Å². The number of benzene rings is 2. The second-order valence-electron chi connectivity index (χ2n) is 6.72. The summed E-state index contributed by atoms with van der Waals surface area (Å²) in [6.07, 6.45) is -5.13. The van der Waals surface area contributed by atoms with Crippen molar-refractivity contribution in [3.05, 3.63) is 71.0 Å². The minimum absolute atomic E-state index is 0.232. The molecule has 0 aromatic heterocycles. The number of rotatable bonds is 5. The smallest absolute Gasteiger partial charge is 0.378 e. The first-order valence-corrected chi connectivity index (χ1v) is 9.09. The number of morpholine rings is 1. The number of hydrogen-bond donors (Lipinski definition) is 0. The number of ketones is 1. The minimum atomic E-state index is -4.70. The van der Waals surface area contributed by atoms with E-state index in [-0.39, 0.29) is 26.3 Å². The third kappa shape index (κ3) is 5.00. The molecule has 1 aliphatic rings. The first-order chi connectivity index (χ1) is 13.8. The second-order valence-corrected chi connectivity index (χ2v) is 6.72. The fourth-order valence-corrected chi connectivity index (χ4v) is 3.25. The van der Waals surface area contributed by atoms with Gasteiger partial charge < -0.3 is 9.64 Å². The summed E-state index contributed by atoms with van der Waals surface area (Å²) in [5, 5.41) is 0. The number of nitrogens with zero attached hydrogens (tertiary/aromatic N) is 1. The zero-order chi connectivity index (χ0) is 21.0. The first-order valence-electron chi connectivity index (χ1n) is 9.09. The van der Waals surface area contributed by atoms with E-state index in [4.69, 9.17) is 4.74 Å². The lowest BCUT2D eigenvalue weighted by atomic mass is 9.88. The highest BCUT2D eigenvalue weighted by atomic mass is 19.4. The molecule has 1 atom stereocenters. The maximum absolute atomic E-state index is 14.5. The Morgan fingerprint density at radius 2 is 1.69 bits per heavy atom. The molecule has 0 unspecified atom stereocenters. The summed E-state index contributed by atoms with van der Waals surface area (Å²) in [5.74, 6) is -3.35. The minimum Gasteiger partial charge on any atom is -0.378 e. The predicted octanol–water partition coefficient (Wildman–Crippen LogP) is 4.06. The predicted molar refractivity (Wildman–Crippen MR) is 96.9 cm³/mol. The summed E-state index contributed by atoms with van der Waals surface area (Å²) in [6.45, 7) is 1.01. The topological polar surface area (TPSA) is 46.6 Å². The fraction of sp³-hybridized carbons (Fsp3) is 0.333. The number of halogens is 4. The normalized spacial score (nSPS) is 15.8. The number of carbonyl (C=O) groups excluding carboxylic acids is 2. The lowest BCUT2D eigenvalue weighted by Gasteiger charge is -2.30. The molecule has 1 amide bonds. The van der Waals surface area contributed by atoms with E-state index in [0.29, 0.717) is 23.8 Å². The molecule has 0 N–H and O–H groups in total. The van der Waals surface area contributed by atoms with Gasteiger partial charge in [0.1, 0.15) is 5.82 Å². The second kappa shape index (κ2) is 8.73. The highest BCUT2D eigenvalue weighted by Gasteiger charge is 2.35. The van der Waals surface area contributed by atoms with Crippen LogP contribution in [-0.2, 0) is 15.7 Å². The Morgan fingerprint density at radius 1 is 1.03 bits per heavy atom. The summed E-state index contributed by atoms with van der Waals surface area (Å²) in [7, 11) is 0. The average Bonchev–Trinajstić information content (AvgIpc) is 2.72. The molecule has 0 aliphatic carbocycles. The van der Waals surface area contributed by atoms with Gasteiger partial charge in [-0.3, -0.25) is 9.59 Å². The average molecular weight is 409 g/mol. The van der Waals surface area contributed by atoms with E-state index in [2.05, 4.69) is 0 Å². The van der Waals surface area contributed by atoms with E-state index in [1.807, 2.05) is 0 Å². The molecule has 1 saturated heterocycles. The van der Waals surface area contributed by atoms with Crippen molar-refractivity contribution in [1.29, 1.82) is 0 Å². The van der Waals surface area contributed by atoms with Crippen LogP contribution in [0.1, 0.15) is 33.8 Å². The van der Waals surface area contributed by atoms with Crippen LogP contribution in [0.15, 0.2) is 48.5 Å². The van der Waals surface area contributed by atoms with Crippen molar-refractivity contribution >= 4 is 11.7 Å². The summed E-state index contributed by atoms with van der Waals surface area (Å²) >= 11 is 0. The van der Waals surface area contributed by atoms with Crippen molar-refractivity contribution in [1.82, 2.24) is 4.90 Å². The summed E-state index contributed by atoms with van der Waals surface area (Å²) in [5.41, 5.74) is -1.19. The van der Waals surface area contributed by atoms with Gasteiger partial charge in [-0.25, -0.2) is 4.39 Å². The Labute approximate surface area is 165 Å². The third-order valence-electron chi connectivity index (χ3n) is 4.80. The van der Waals surface area contributed by atoms with Crippen molar-refractivity contribution in [2.45, 2.75) is 18.5 Å². The SMILES string of the molecule is O=C(C[C@@H](C(=O)N1CCOCC1)c1cc(C(F)(F)F)ccc1F)c1ccccc1. The molecule has 4 nitrogen and oxygen atoms in total. The fourth-order valence-electron chi connectivity index (χ4n) is 3.25. The van der Waals surface area contributed by atoms with Gasteiger partial charge in [0.2, 0.25) is 5.91 Å². The highest BCUT2D eigenvalue weighted by molar-refractivity contribution is 6.00. The third-order valence-corrected chi connectivity index (χ3v) is 4.80. The van der Waals surface area contributed by atoms with Gasteiger partial charge in [0, 0.05) is 30.6 Å². The molecular formula is C21H19F4NO3. The van der Waals surface area contributed by atoms with E-state index in [1.54, 1.807) is 30.3 Å². The van der Waals surface area contributed by atoms with Crippen LogP contribution in [0.3, 0.4) is 0 Å². The van der Waals surface area contributed by atoms with E-state index in [1.165, 1.54) is 4.90 Å². The molecule has 1 fully saturated rings. The van der Waals surface area contributed by atoms with Gasteiger partial charge in [-0.1, -0.05) is 30.3 Å². The van der Waals surface area contributed by atoms with Gasteiger partial charge in [0.25, 0.3) is 0 Å². The quantitative estimate of drug-likeness (QED) is 0.553. The molecule has 2 aromatic rings. The Bertz CT molecular complexity index is 877. The Balaban J connectivity index is 1.98. The molecule has 2 aromatic carbocycles. The van der Waals surface area contributed by atoms with E-state index >= 15 is 0 Å². The van der Waals surface area contributed by atoms with Crippen molar-refractivity contribution < 1.29 is 31.9 Å². The number of hydrogen-bond acceptors (Lipinski definition) is 3. The summed E-state index contributed by atoms with van der Waals surface area (Å²) < 4.78 is 59.1. The van der Waals surface area contributed by atoms with Crippen molar-refractivity contribution in [3.63, 3.8) is 0 Å². The van der Waals surface area contributed by atoms with Gasteiger partial charge in [0.15, 0.2) is 5.78 Å². The highest BCUT2D eigenvalue weighted by Crippen LogP contribution is 2.34. The molecule has 3 rings (SSSR count). The van der Waals surface area contributed by atoms with E-state index in [9.17, 15) is 27.2 Å². The van der Waals surface area contributed by atoms with Crippen LogP contribution >= 0.6 is 0 Å². The van der Waals surface area contributed by atoms with Crippen molar-refractivity contribution in [2.75, 3.05) is 26.3 Å². The standard InChI is InChI=1S/C21H19F4NO3/c22-18-7-6-15(21(23,24)25)12-16(18)17(20(28)26-8-10-29-11-9-26)13-19(27)14-4-2-1-3-5-14/h1-7,12,17H,8-11,13H2/t17-/m1/s1. The monoisotopic (exact) mass is 409 g/mol. The first kappa shape index (κ1) is 21.0. The van der Waals surface area contributed by atoms with E-state index < -0.39 is 47.1 Å². The number of amides is 1. The van der Waals surface area contributed by atoms with Gasteiger partial charge in [-0.05, 0) is 18.2 Å². The van der Waals surface area contributed by atoms with Gasteiger partial charge in [0.05, 0.1) is 24.7 Å². The Kier molecular flexibility index (Phi) is 6.32. The number of carbonyl (C=O) groups is 2. The van der Waals surface area contributed by atoms with Crippen LogP contribution < -0.4 is 0 Å². The molecular weight excluding hydrogens is 390 g/mol. The molecule has 0 radical (unpaired) electrons. The summed E-state index contributed by atoms with van der Waals surface area (Å²) in [4.78, 5) is 27.1. The van der Waals surface area contributed by atoms with Crippen LogP contribution in [0.4, 0.5) is 17.6 Å². The molecule has 29 heavy (non-hydrogen) atoms. The molecule has 1 aliphatic heterocycles. The van der Waals surface area contributed by atoms with Crippen LogP contribution in [0.5, 0.6) is 0 Å². The lowest BCUT2D eigenvalue weighted by molar-refractivity contribution is -0.139. The number of Topliss-reactive ketones (excluding diaryl/α,β-unsaturated/α-hetero) is 1. The maximum atomic E-state index is 14.5. The molecule has 1 heterocycles. The van der Waals surface area contributed by atoms with Gasteiger partial charge in [-0.2, -0.15) is 13.2 Å².